The van der Waals surface area contributed by atoms with Crippen LogP contribution in [-0.4, -0.2) is 13.1 Å². The Balaban J connectivity index is 2.51. The lowest BCUT2D eigenvalue weighted by Gasteiger charge is -2.03. The summed E-state index contributed by atoms with van der Waals surface area (Å²) in [6.07, 6.45) is 0.862. The molecule has 0 spiro atoms. The van der Waals surface area contributed by atoms with Gasteiger partial charge in [-0.25, -0.2) is 4.79 Å². The molecule has 1 aromatic rings. The van der Waals surface area contributed by atoms with Gasteiger partial charge in [-0.15, -0.1) is 0 Å². The monoisotopic (exact) mass is 188 g/mol. The summed E-state index contributed by atoms with van der Waals surface area (Å²) in [5.74, 6) is -0.229. The Morgan fingerprint density at radius 2 is 2.07 bits per heavy atom. The van der Waals surface area contributed by atoms with Crippen molar-refractivity contribution >= 4 is 11.5 Å². The van der Waals surface area contributed by atoms with Crippen LogP contribution in [0.15, 0.2) is 29.8 Å². The third kappa shape index (κ3) is 1.23. The zero-order chi connectivity index (χ0) is 10.1. The Bertz CT molecular complexity index is 416. The van der Waals surface area contributed by atoms with Gasteiger partial charge in [0, 0.05) is 0 Å². The van der Waals surface area contributed by atoms with E-state index >= 15 is 0 Å². The molecule has 2 heteroatoms. The summed E-state index contributed by atoms with van der Waals surface area (Å²) in [5.41, 5.74) is 4.07. The molecule has 0 amide bonds. The Morgan fingerprint density at radius 3 is 2.79 bits per heavy atom. The number of hydrogen-bond acceptors (Lipinski definition) is 2. The topological polar surface area (TPSA) is 26.3 Å². The minimum absolute atomic E-state index is 0.229. The van der Waals surface area contributed by atoms with Crippen molar-refractivity contribution in [1.29, 1.82) is 0 Å². The quantitative estimate of drug-likeness (QED) is 0.631. The van der Waals surface area contributed by atoms with Crippen LogP contribution in [0.2, 0.25) is 0 Å². The molecule has 1 aliphatic rings. The molecule has 0 saturated carbocycles. The normalized spacial score (nSPS) is 14.1. The van der Waals surface area contributed by atoms with E-state index in [1.807, 2.05) is 25.1 Å². The van der Waals surface area contributed by atoms with Crippen molar-refractivity contribution in [3.8, 4) is 0 Å². The molecule has 72 valence electrons. The van der Waals surface area contributed by atoms with Gasteiger partial charge in [-0.3, -0.25) is 0 Å². The maximum absolute atomic E-state index is 11.5. The van der Waals surface area contributed by atoms with Crippen LogP contribution in [0, 0.1) is 0 Å². The lowest BCUT2D eigenvalue weighted by Crippen LogP contribution is -2.03. The third-order valence-electron chi connectivity index (χ3n) is 2.56. The third-order valence-corrected chi connectivity index (χ3v) is 2.56. The van der Waals surface area contributed by atoms with Crippen molar-refractivity contribution in [2.24, 2.45) is 0 Å². The first-order valence-electron chi connectivity index (χ1n) is 4.60. The first-order chi connectivity index (χ1) is 6.74. The van der Waals surface area contributed by atoms with Crippen LogP contribution in [0.5, 0.6) is 0 Å². The van der Waals surface area contributed by atoms with Gasteiger partial charge < -0.3 is 4.74 Å². The minimum atomic E-state index is -0.229. The first-order valence-corrected chi connectivity index (χ1v) is 4.60. The number of methoxy groups -OCH3 is 1. The van der Waals surface area contributed by atoms with E-state index in [1.165, 1.54) is 12.7 Å². The molecule has 0 bridgehead atoms. The molecule has 0 heterocycles. The van der Waals surface area contributed by atoms with Gasteiger partial charge in [0.05, 0.1) is 12.7 Å². The Morgan fingerprint density at radius 1 is 1.36 bits per heavy atom. The highest BCUT2D eigenvalue weighted by Crippen LogP contribution is 2.32. The van der Waals surface area contributed by atoms with E-state index < -0.39 is 0 Å². The number of esters is 1. The number of benzene rings is 1. The number of carbonyl (C=O) groups is 1. The highest BCUT2D eigenvalue weighted by Gasteiger charge is 2.24. The van der Waals surface area contributed by atoms with Crippen LogP contribution < -0.4 is 0 Å². The maximum atomic E-state index is 11.5. The van der Waals surface area contributed by atoms with Gasteiger partial charge in [-0.1, -0.05) is 29.8 Å². The zero-order valence-corrected chi connectivity index (χ0v) is 8.33. The predicted molar refractivity (Wildman–Crippen MR) is 54.8 cm³/mol. The van der Waals surface area contributed by atoms with E-state index in [9.17, 15) is 4.79 Å². The van der Waals surface area contributed by atoms with Crippen molar-refractivity contribution < 1.29 is 9.53 Å². The molecule has 0 fully saturated rings. The van der Waals surface area contributed by atoms with E-state index in [0.29, 0.717) is 0 Å². The number of rotatable bonds is 1. The molecule has 0 radical (unpaired) electrons. The predicted octanol–water partition coefficient (Wildman–Crippen LogP) is 2.19. The summed E-state index contributed by atoms with van der Waals surface area (Å²) < 4.78 is 4.76. The second-order valence-corrected chi connectivity index (χ2v) is 3.48. The summed E-state index contributed by atoms with van der Waals surface area (Å²) in [4.78, 5) is 11.5. The van der Waals surface area contributed by atoms with Crippen molar-refractivity contribution in [2.45, 2.75) is 13.3 Å². The van der Waals surface area contributed by atoms with E-state index in [2.05, 4.69) is 6.07 Å². The van der Waals surface area contributed by atoms with Crippen molar-refractivity contribution in [1.82, 2.24) is 0 Å². The highest BCUT2D eigenvalue weighted by molar-refractivity contribution is 6.19. The number of carbonyl (C=O) groups excluding carboxylic acids is 1. The zero-order valence-electron chi connectivity index (χ0n) is 8.33. The van der Waals surface area contributed by atoms with Gasteiger partial charge in [0.25, 0.3) is 0 Å². The molecule has 0 unspecified atom stereocenters. The Kier molecular flexibility index (Phi) is 2.12. The van der Waals surface area contributed by atoms with Gasteiger partial charge in [0.15, 0.2) is 0 Å². The van der Waals surface area contributed by atoms with Gasteiger partial charge in [0.1, 0.15) is 0 Å². The van der Waals surface area contributed by atoms with E-state index in [4.69, 9.17) is 4.74 Å². The summed E-state index contributed by atoms with van der Waals surface area (Å²) >= 11 is 0. The van der Waals surface area contributed by atoms with Crippen LogP contribution in [0.4, 0.5) is 0 Å². The SMILES string of the molecule is COC(=O)C1=C(C)Cc2ccccc21. The molecule has 1 aromatic carbocycles. The molecule has 0 N–H and O–H groups in total. The molecule has 0 aromatic heterocycles. The second-order valence-electron chi connectivity index (χ2n) is 3.48. The van der Waals surface area contributed by atoms with Crippen LogP contribution in [0.3, 0.4) is 0 Å². The van der Waals surface area contributed by atoms with Gasteiger partial charge in [0.2, 0.25) is 0 Å². The molecule has 0 atom stereocenters. The highest BCUT2D eigenvalue weighted by atomic mass is 16.5. The van der Waals surface area contributed by atoms with Crippen LogP contribution >= 0.6 is 0 Å². The number of fused-ring (bicyclic) bond motifs is 1. The van der Waals surface area contributed by atoms with E-state index in [-0.39, 0.29) is 5.97 Å². The lowest BCUT2D eigenvalue weighted by molar-refractivity contribution is -0.133. The van der Waals surface area contributed by atoms with Crippen LogP contribution in [0.1, 0.15) is 18.1 Å². The molecule has 1 aliphatic carbocycles. The average molecular weight is 188 g/mol. The fourth-order valence-electron chi connectivity index (χ4n) is 1.91. The van der Waals surface area contributed by atoms with Gasteiger partial charge >= 0.3 is 5.97 Å². The minimum Gasteiger partial charge on any atom is -0.465 e. The summed E-state index contributed by atoms with van der Waals surface area (Å²) in [6.45, 7) is 1.98. The largest absolute Gasteiger partial charge is 0.465 e. The van der Waals surface area contributed by atoms with Crippen LogP contribution in [0.25, 0.3) is 5.57 Å². The van der Waals surface area contributed by atoms with Crippen LogP contribution in [-0.2, 0) is 16.0 Å². The Labute approximate surface area is 83.2 Å². The van der Waals surface area contributed by atoms with Crippen molar-refractivity contribution in [3.63, 3.8) is 0 Å². The fraction of sp³-hybridized carbons (Fsp3) is 0.250. The van der Waals surface area contributed by atoms with Crippen molar-refractivity contribution in [3.05, 3.63) is 41.0 Å². The molecular formula is C12H12O2. The van der Waals surface area contributed by atoms with E-state index in [0.717, 1.165) is 23.1 Å². The standard InChI is InChI=1S/C12H12O2/c1-8-7-9-5-3-4-6-10(9)11(8)12(13)14-2/h3-6H,7H2,1-2H3. The fourth-order valence-corrected chi connectivity index (χ4v) is 1.91. The summed E-state index contributed by atoms with van der Waals surface area (Å²) in [7, 11) is 1.42. The number of hydrogen-bond donors (Lipinski definition) is 0. The molecule has 0 aliphatic heterocycles. The molecule has 0 saturated heterocycles. The smallest absolute Gasteiger partial charge is 0.338 e. The second kappa shape index (κ2) is 3.29. The maximum Gasteiger partial charge on any atom is 0.338 e. The van der Waals surface area contributed by atoms with Crippen molar-refractivity contribution in [2.75, 3.05) is 7.11 Å². The molecular weight excluding hydrogens is 176 g/mol. The van der Waals surface area contributed by atoms with E-state index in [1.54, 1.807) is 0 Å². The summed E-state index contributed by atoms with van der Waals surface area (Å²) in [5, 5.41) is 0. The van der Waals surface area contributed by atoms with Gasteiger partial charge in [-0.05, 0) is 24.5 Å². The average Bonchev–Trinajstić information content (AvgIpc) is 2.53. The molecule has 14 heavy (non-hydrogen) atoms. The lowest BCUT2D eigenvalue weighted by atomic mass is 10.1. The Hall–Kier alpha value is -1.57. The first kappa shape index (κ1) is 9.00. The number of ether oxygens (including phenoxy) is 1. The molecule has 2 nitrogen and oxygen atoms in total. The summed E-state index contributed by atoms with van der Waals surface area (Å²) in [6, 6.07) is 7.96. The number of allylic oxidation sites excluding steroid dienone is 1. The van der Waals surface area contributed by atoms with Gasteiger partial charge in [-0.2, -0.15) is 0 Å². The molecule has 2 rings (SSSR count).